The van der Waals surface area contributed by atoms with Crippen LogP contribution >= 0.6 is 0 Å². The van der Waals surface area contributed by atoms with Gasteiger partial charge in [0, 0.05) is 12.1 Å². The van der Waals surface area contributed by atoms with Crippen LogP contribution in [0.3, 0.4) is 0 Å². The molecule has 1 saturated carbocycles. The van der Waals surface area contributed by atoms with Crippen LogP contribution in [0.15, 0.2) is 24.3 Å². The summed E-state index contributed by atoms with van der Waals surface area (Å²) in [7, 11) is 0. The zero-order chi connectivity index (χ0) is 12.7. The SMILES string of the molecule is O=CO.O=[N+]([O-])c1ccc(OC2CCC2)cc1. The first-order valence-corrected chi connectivity index (χ1v) is 5.16. The summed E-state index contributed by atoms with van der Waals surface area (Å²) < 4.78 is 5.56. The molecule has 0 aliphatic heterocycles. The van der Waals surface area contributed by atoms with Crippen LogP contribution in [0.2, 0.25) is 0 Å². The predicted octanol–water partition coefficient (Wildman–Crippen LogP) is 2.23. The van der Waals surface area contributed by atoms with Crippen LogP contribution in [0.4, 0.5) is 5.69 Å². The molecule has 0 aromatic heterocycles. The van der Waals surface area contributed by atoms with Gasteiger partial charge in [0.1, 0.15) is 5.75 Å². The Morgan fingerprint density at radius 3 is 2.24 bits per heavy atom. The quantitative estimate of drug-likeness (QED) is 0.496. The first-order valence-electron chi connectivity index (χ1n) is 5.16. The Kier molecular flexibility index (Phi) is 4.93. The minimum atomic E-state index is -0.410. The van der Waals surface area contributed by atoms with E-state index in [-0.39, 0.29) is 12.2 Å². The van der Waals surface area contributed by atoms with Gasteiger partial charge in [-0.25, -0.2) is 0 Å². The Morgan fingerprint density at radius 1 is 1.35 bits per heavy atom. The van der Waals surface area contributed by atoms with Gasteiger partial charge < -0.3 is 9.84 Å². The van der Waals surface area contributed by atoms with Crippen molar-refractivity contribution >= 4 is 12.2 Å². The van der Waals surface area contributed by atoms with Crippen molar-refractivity contribution in [2.45, 2.75) is 25.4 Å². The van der Waals surface area contributed by atoms with Crippen LogP contribution in [0, 0.1) is 10.1 Å². The van der Waals surface area contributed by atoms with Gasteiger partial charge >= 0.3 is 0 Å². The highest BCUT2D eigenvalue weighted by Crippen LogP contribution is 2.26. The highest BCUT2D eigenvalue weighted by molar-refractivity contribution is 5.36. The summed E-state index contributed by atoms with van der Waals surface area (Å²) in [5.74, 6) is 0.723. The lowest BCUT2D eigenvalue weighted by atomic mass is 9.96. The first-order chi connectivity index (χ1) is 8.17. The molecule has 1 fully saturated rings. The summed E-state index contributed by atoms with van der Waals surface area (Å²) in [4.78, 5) is 18.3. The van der Waals surface area contributed by atoms with Crippen molar-refractivity contribution in [2.24, 2.45) is 0 Å². The van der Waals surface area contributed by atoms with E-state index in [2.05, 4.69) is 0 Å². The number of ether oxygens (including phenoxy) is 1. The standard InChI is InChI=1S/C10H11NO3.CH2O2/c12-11(13)8-4-6-10(7-5-8)14-9-2-1-3-9;2-1-3/h4-7,9H,1-3H2;1H,(H,2,3). The van der Waals surface area contributed by atoms with Crippen LogP contribution in [-0.2, 0) is 4.79 Å². The third-order valence-electron chi connectivity index (χ3n) is 2.40. The topological polar surface area (TPSA) is 89.7 Å². The maximum Gasteiger partial charge on any atom is 0.290 e. The molecule has 0 bridgehead atoms. The number of nitrogens with zero attached hydrogens (tertiary/aromatic N) is 1. The van der Waals surface area contributed by atoms with Crippen LogP contribution < -0.4 is 4.74 Å². The van der Waals surface area contributed by atoms with E-state index in [4.69, 9.17) is 14.6 Å². The molecule has 1 aromatic carbocycles. The number of non-ortho nitro benzene ring substituents is 1. The van der Waals surface area contributed by atoms with E-state index < -0.39 is 4.92 Å². The fraction of sp³-hybridized carbons (Fsp3) is 0.364. The maximum atomic E-state index is 10.4. The van der Waals surface area contributed by atoms with Gasteiger partial charge in [-0.3, -0.25) is 14.9 Å². The van der Waals surface area contributed by atoms with E-state index in [0.717, 1.165) is 18.6 Å². The molecular weight excluding hydrogens is 226 g/mol. The van der Waals surface area contributed by atoms with Gasteiger partial charge in [0.25, 0.3) is 12.2 Å². The summed E-state index contributed by atoms with van der Waals surface area (Å²) in [5.41, 5.74) is 0.103. The average Bonchev–Trinajstić information content (AvgIpc) is 2.25. The zero-order valence-electron chi connectivity index (χ0n) is 9.11. The lowest BCUT2D eigenvalue weighted by Crippen LogP contribution is -2.24. The van der Waals surface area contributed by atoms with Gasteiger partial charge in [-0.1, -0.05) is 0 Å². The number of hydrogen-bond acceptors (Lipinski definition) is 4. The molecule has 6 heteroatoms. The van der Waals surface area contributed by atoms with E-state index in [0.29, 0.717) is 6.10 Å². The minimum absolute atomic E-state index is 0.103. The van der Waals surface area contributed by atoms with Gasteiger partial charge in [-0.15, -0.1) is 0 Å². The van der Waals surface area contributed by atoms with Gasteiger partial charge in [0.05, 0.1) is 11.0 Å². The summed E-state index contributed by atoms with van der Waals surface area (Å²) in [5, 5.41) is 17.3. The molecule has 1 aliphatic carbocycles. The second kappa shape index (κ2) is 6.47. The van der Waals surface area contributed by atoms with Crippen LogP contribution in [0.1, 0.15) is 19.3 Å². The molecule has 0 spiro atoms. The Labute approximate surface area is 98.0 Å². The van der Waals surface area contributed by atoms with Gasteiger partial charge in [0.15, 0.2) is 0 Å². The van der Waals surface area contributed by atoms with Crippen LogP contribution in [0.25, 0.3) is 0 Å². The van der Waals surface area contributed by atoms with Gasteiger partial charge in [-0.05, 0) is 31.4 Å². The van der Waals surface area contributed by atoms with Crippen molar-refractivity contribution in [2.75, 3.05) is 0 Å². The zero-order valence-corrected chi connectivity index (χ0v) is 9.11. The number of hydrogen-bond donors (Lipinski definition) is 1. The maximum absolute atomic E-state index is 10.4. The first kappa shape index (κ1) is 13.0. The normalized spacial score (nSPS) is 13.9. The van der Waals surface area contributed by atoms with Crippen LogP contribution in [0.5, 0.6) is 5.75 Å². The summed E-state index contributed by atoms with van der Waals surface area (Å²) in [6.45, 7) is -0.250. The number of carbonyl (C=O) groups is 1. The van der Waals surface area contributed by atoms with Crippen molar-refractivity contribution in [3.8, 4) is 5.75 Å². The van der Waals surface area contributed by atoms with E-state index in [1.165, 1.54) is 18.6 Å². The Hall–Kier alpha value is -2.11. The highest BCUT2D eigenvalue weighted by atomic mass is 16.6. The summed E-state index contributed by atoms with van der Waals surface area (Å²) in [6.07, 6.45) is 3.72. The van der Waals surface area contributed by atoms with Crippen molar-refractivity contribution < 1.29 is 19.6 Å². The molecule has 0 amide bonds. The number of nitro groups is 1. The molecule has 92 valence electrons. The van der Waals surface area contributed by atoms with E-state index in [1.54, 1.807) is 12.1 Å². The number of carboxylic acid groups (broad SMARTS) is 1. The number of nitro benzene ring substituents is 1. The molecule has 1 aliphatic rings. The third kappa shape index (κ3) is 4.10. The van der Waals surface area contributed by atoms with E-state index in [9.17, 15) is 10.1 Å². The second-order valence-electron chi connectivity index (χ2n) is 3.53. The summed E-state index contributed by atoms with van der Waals surface area (Å²) >= 11 is 0. The predicted molar refractivity (Wildman–Crippen MR) is 60.1 cm³/mol. The van der Waals surface area contributed by atoms with Crippen molar-refractivity contribution in [1.29, 1.82) is 0 Å². The van der Waals surface area contributed by atoms with Crippen molar-refractivity contribution in [1.82, 2.24) is 0 Å². The molecular formula is C11H13NO5. The van der Waals surface area contributed by atoms with E-state index in [1.807, 2.05) is 0 Å². The lowest BCUT2D eigenvalue weighted by Gasteiger charge is -2.26. The van der Waals surface area contributed by atoms with Crippen molar-refractivity contribution in [3.63, 3.8) is 0 Å². The number of rotatable bonds is 3. The Morgan fingerprint density at radius 2 is 1.88 bits per heavy atom. The van der Waals surface area contributed by atoms with Crippen LogP contribution in [-0.4, -0.2) is 22.6 Å². The lowest BCUT2D eigenvalue weighted by molar-refractivity contribution is -0.384. The molecule has 1 aromatic rings. The van der Waals surface area contributed by atoms with Gasteiger partial charge in [-0.2, -0.15) is 0 Å². The van der Waals surface area contributed by atoms with Crippen molar-refractivity contribution in [3.05, 3.63) is 34.4 Å². The fourth-order valence-corrected chi connectivity index (χ4v) is 1.33. The molecule has 17 heavy (non-hydrogen) atoms. The molecule has 2 rings (SSSR count). The molecule has 0 unspecified atom stereocenters. The molecule has 6 nitrogen and oxygen atoms in total. The monoisotopic (exact) mass is 239 g/mol. The second-order valence-corrected chi connectivity index (χ2v) is 3.53. The molecule has 0 radical (unpaired) electrons. The molecule has 0 heterocycles. The minimum Gasteiger partial charge on any atom is -0.490 e. The Balaban J connectivity index is 0.000000437. The van der Waals surface area contributed by atoms with Gasteiger partial charge in [0.2, 0.25) is 0 Å². The average molecular weight is 239 g/mol. The summed E-state index contributed by atoms with van der Waals surface area (Å²) in [6, 6.07) is 6.23. The molecule has 1 N–H and O–H groups in total. The highest BCUT2D eigenvalue weighted by Gasteiger charge is 2.19. The molecule has 0 atom stereocenters. The fourth-order valence-electron chi connectivity index (χ4n) is 1.33. The Bertz CT molecular complexity index is 372. The third-order valence-corrected chi connectivity index (χ3v) is 2.40. The van der Waals surface area contributed by atoms with E-state index >= 15 is 0 Å². The largest absolute Gasteiger partial charge is 0.490 e. The molecule has 0 saturated heterocycles. The smallest absolute Gasteiger partial charge is 0.290 e. The number of benzene rings is 1.